The van der Waals surface area contributed by atoms with Crippen molar-refractivity contribution in [2.24, 2.45) is 0 Å². The minimum absolute atomic E-state index is 0.576. The lowest BCUT2D eigenvalue weighted by Gasteiger charge is -2.15. The summed E-state index contributed by atoms with van der Waals surface area (Å²) >= 11 is 7.29. The molecule has 2 nitrogen and oxygen atoms in total. The molecule has 0 saturated carbocycles. The zero-order valence-electron chi connectivity index (χ0n) is 14.6. The third-order valence-electron chi connectivity index (χ3n) is 4.14. The maximum absolute atomic E-state index is 5.57. The van der Waals surface area contributed by atoms with Gasteiger partial charge >= 0.3 is 0 Å². The Kier molecular flexibility index (Phi) is 5.37. The minimum Gasteiger partial charge on any atom is -0.332 e. The molecule has 4 aromatic carbocycles. The molecule has 0 aliphatic heterocycles. The Labute approximate surface area is 168 Å². The molecule has 0 heterocycles. The molecule has 0 fully saturated rings. The van der Waals surface area contributed by atoms with E-state index in [1.807, 2.05) is 60.7 Å². The summed E-state index contributed by atoms with van der Waals surface area (Å²) in [6.45, 7) is 0. The molecule has 4 aromatic rings. The van der Waals surface area contributed by atoms with Crippen molar-refractivity contribution in [3.8, 4) is 0 Å². The highest BCUT2D eigenvalue weighted by Gasteiger charge is 2.07. The van der Waals surface area contributed by atoms with Gasteiger partial charge < -0.3 is 10.6 Å². The molecule has 0 aliphatic carbocycles. The van der Waals surface area contributed by atoms with Gasteiger partial charge in [0.2, 0.25) is 0 Å². The number of fused-ring (bicyclic) bond motifs is 1. The predicted octanol–water partition coefficient (Wildman–Crippen LogP) is 6.80. The van der Waals surface area contributed by atoms with E-state index in [1.165, 1.54) is 10.3 Å². The maximum Gasteiger partial charge on any atom is 0.175 e. The van der Waals surface area contributed by atoms with Gasteiger partial charge in [0.05, 0.1) is 5.69 Å². The first kappa shape index (κ1) is 17.6. The highest BCUT2D eigenvalue weighted by Crippen LogP contribution is 2.33. The number of para-hydroxylation sites is 1. The second-order valence-corrected chi connectivity index (χ2v) is 7.54. The van der Waals surface area contributed by atoms with Crippen LogP contribution in [0.15, 0.2) is 107 Å². The fourth-order valence-corrected chi connectivity index (χ4v) is 4.03. The molecule has 4 heteroatoms. The van der Waals surface area contributed by atoms with Crippen molar-refractivity contribution in [1.82, 2.24) is 0 Å². The Balaban J connectivity index is 1.53. The molecule has 0 aromatic heterocycles. The van der Waals surface area contributed by atoms with Crippen LogP contribution in [0, 0.1) is 0 Å². The summed E-state index contributed by atoms with van der Waals surface area (Å²) in [5, 5.41) is 9.59. The fraction of sp³-hybridized carbons (Fsp3) is 0. The number of hydrogen-bond donors (Lipinski definition) is 2. The third kappa shape index (κ3) is 4.30. The van der Waals surface area contributed by atoms with E-state index < -0.39 is 0 Å². The largest absolute Gasteiger partial charge is 0.332 e. The van der Waals surface area contributed by atoms with E-state index in [1.54, 1.807) is 11.8 Å². The molecule has 132 valence electrons. The zero-order valence-corrected chi connectivity index (χ0v) is 16.2. The SMILES string of the molecule is S=C(Nc1ccccc1Sc1ccccc1)Nc1cccc2ccccc12. The van der Waals surface area contributed by atoms with Crippen LogP contribution in [0.3, 0.4) is 0 Å². The molecule has 2 N–H and O–H groups in total. The zero-order chi connectivity index (χ0) is 18.5. The summed E-state index contributed by atoms with van der Waals surface area (Å²) in [6.07, 6.45) is 0. The molecule has 0 bridgehead atoms. The molecule has 0 spiro atoms. The molecule has 4 rings (SSSR count). The maximum atomic E-state index is 5.57. The Morgan fingerprint density at radius 3 is 2.15 bits per heavy atom. The normalized spacial score (nSPS) is 10.5. The van der Waals surface area contributed by atoms with Crippen molar-refractivity contribution in [1.29, 1.82) is 0 Å². The highest BCUT2D eigenvalue weighted by atomic mass is 32.2. The molecule has 27 heavy (non-hydrogen) atoms. The topological polar surface area (TPSA) is 24.1 Å². The van der Waals surface area contributed by atoms with E-state index >= 15 is 0 Å². The van der Waals surface area contributed by atoms with Crippen molar-refractivity contribution in [3.05, 3.63) is 97.1 Å². The minimum atomic E-state index is 0.576. The molecule has 0 atom stereocenters. The quantitative estimate of drug-likeness (QED) is 0.377. The smallest absolute Gasteiger partial charge is 0.175 e. The van der Waals surface area contributed by atoms with Gasteiger partial charge in [-0.2, -0.15) is 0 Å². The van der Waals surface area contributed by atoms with Gasteiger partial charge in [-0.05, 0) is 47.9 Å². The molecule has 0 amide bonds. The van der Waals surface area contributed by atoms with Crippen LogP contribution in [0.5, 0.6) is 0 Å². The number of thiocarbonyl (C=S) groups is 1. The van der Waals surface area contributed by atoms with Crippen LogP contribution in [0.2, 0.25) is 0 Å². The lowest BCUT2D eigenvalue weighted by atomic mass is 10.1. The standard InChI is InChI=1S/C23H18N2S2/c26-23(24-20-15-8-10-17-9-4-5-13-19(17)20)25-21-14-6-7-16-22(21)27-18-11-2-1-3-12-18/h1-16H,(H2,24,25,26). The van der Waals surface area contributed by atoms with Crippen LogP contribution in [0.25, 0.3) is 10.8 Å². The molecular weight excluding hydrogens is 368 g/mol. The molecule has 0 unspecified atom stereocenters. The van der Waals surface area contributed by atoms with Crippen LogP contribution in [-0.4, -0.2) is 5.11 Å². The van der Waals surface area contributed by atoms with Gasteiger partial charge in [0.1, 0.15) is 0 Å². The highest BCUT2D eigenvalue weighted by molar-refractivity contribution is 7.99. The summed E-state index contributed by atoms with van der Waals surface area (Å²) in [5.41, 5.74) is 1.99. The summed E-state index contributed by atoms with van der Waals surface area (Å²) in [4.78, 5) is 2.32. The third-order valence-corrected chi connectivity index (χ3v) is 5.43. The monoisotopic (exact) mass is 386 g/mol. The van der Waals surface area contributed by atoms with Gasteiger partial charge in [0.15, 0.2) is 5.11 Å². The van der Waals surface area contributed by atoms with E-state index in [4.69, 9.17) is 12.2 Å². The molecule has 0 aliphatic rings. The van der Waals surface area contributed by atoms with Gasteiger partial charge in [-0.1, -0.05) is 78.5 Å². The van der Waals surface area contributed by atoms with Crippen LogP contribution in [0.1, 0.15) is 0 Å². The van der Waals surface area contributed by atoms with Gasteiger partial charge in [-0.15, -0.1) is 0 Å². The summed E-state index contributed by atoms with van der Waals surface area (Å²) in [7, 11) is 0. The van der Waals surface area contributed by atoms with Gasteiger partial charge in [-0.25, -0.2) is 0 Å². The first-order chi connectivity index (χ1) is 13.3. The van der Waals surface area contributed by atoms with Crippen LogP contribution in [0.4, 0.5) is 11.4 Å². The van der Waals surface area contributed by atoms with Crippen molar-refractivity contribution < 1.29 is 0 Å². The van der Waals surface area contributed by atoms with Crippen molar-refractivity contribution in [2.75, 3.05) is 10.6 Å². The van der Waals surface area contributed by atoms with Gasteiger partial charge in [0.25, 0.3) is 0 Å². The predicted molar refractivity (Wildman–Crippen MR) is 121 cm³/mol. The second kappa shape index (κ2) is 8.25. The molecular formula is C23H18N2S2. The first-order valence-electron chi connectivity index (χ1n) is 8.67. The van der Waals surface area contributed by atoms with Gasteiger partial charge in [-0.3, -0.25) is 0 Å². The Morgan fingerprint density at radius 2 is 1.26 bits per heavy atom. The Morgan fingerprint density at radius 1 is 0.630 bits per heavy atom. The van der Waals surface area contributed by atoms with Crippen molar-refractivity contribution >= 4 is 51.2 Å². The van der Waals surface area contributed by atoms with Crippen molar-refractivity contribution in [2.45, 2.75) is 9.79 Å². The van der Waals surface area contributed by atoms with Crippen molar-refractivity contribution in [3.63, 3.8) is 0 Å². The second-order valence-electron chi connectivity index (χ2n) is 6.02. The van der Waals surface area contributed by atoms with Crippen LogP contribution < -0.4 is 10.6 Å². The van der Waals surface area contributed by atoms with E-state index in [0.29, 0.717) is 5.11 Å². The van der Waals surface area contributed by atoms with E-state index in [0.717, 1.165) is 21.7 Å². The average molecular weight is 387 g/mol. The number of anilines is 2. The van der Waals surface area contributed by atoms with Crippen LogP contribution >= 0.6 is 24.0 Å². The van der Waals surface area contributed by atoms with Crippen LogP contribution in [-0.2, 0) is 0 Å². The number of rotatable bonds is 4. The Hall–Kier alpha value is -2.82. The lowest BCUT2D eigenvalue weighted by Crippen LogP contribution is -2.19. The molecule has 0 saturated heterocycles. The van der Waals surface area contributed by atoms with Gasteiger partial charge in [0, 0.05) is 20.9 Å². The number of hydrogen-bond acceptors (Lipinski definition) is 2. The number of nitrogens with one attached hydrogen (secondary N) is 2. The fourth-order valence-electron chi connectivity index (χ4n) is 2.88. The first-order valence-corrected chi connectivity index (χ1v) is 9.90. The summed E-state index contributed by atoms with van der Waals surface area (Å²) in [6, 6.07) is 33.0. The van der Waals surface area contributed by atoms with E-state index in [2.05, 4.69) is 47.0 Å². The summed E-state index contributed by atoms with van der Waals surface area (Å²) in [5.74, 6) is 0. The Bertz CT molecular complexity index is 1070. The molecule has 0 radical (unpaired) electrons. The summed E-state index contributed by atoms with van der Waals surface area (Å²) < 4.78 is 0. The van der Waals surface area contributed by atoms with E-state index in [9.17, 15) is 0 Å². The number of benzene rings is 4. The average Bonchev–Trinajstić information content (AvgIpc) is 2.71. The van der Waals surface area contributed by atoms with E-state index in [-0.39, 0.29) is 0 Å². The lowest BCUT2D eigenvalue weighted by molar-refractivity contribution is 1.40.